The molecule has 0 radical (unpaired) electrons. The number of fused-ring (bicyclic) bond motifs is 4. The van der Waals surface area contributed by atoms with Gasteiger partial charge >= 0.3 is 0 Å². The second-order valence-electron chi connectivity index (χ2n) is 9.75. The Morgan fingerprint density at radius 1 is 1.18 bits per heavy atom. The van der Waals surface area contributed by atoms with Crippen LogP contribution < -0.4 is 24.8 Å². The lowest BCUT2D eigenvalue weighted by atomic mass is 9.97. The molecule has 0 spiro atoms. The first-order valence-electron chi connectivity index (χ1n) is 11.9. The van der Waals surface area contributed by atoms with Crippen LogP contribution in [0.25, 0.3) is 10.2 Å². The van der Waals surface area contributed by atoms with E-state index in [1.807, 2.05) is 6.92 Å². The van der Waals surface area contributed by atoms with Gasteiger partial charge in [0.1, 0.15) is 16.9 Å². The topological polar surface area (TPSA) is 108 Å². The van der Waals surface area contributed by atoms with Crippen LogP contribution in [0.2, 0.25) is 0 Å². The molecule has 1 aromatic heterocycles. The van der Waals surface area contributed by atoms with Crippen LogP contribution in [0.5, 0.6) is 17.2 Å². The van der Waals surface area contributed by atoms with Crippen molar-refractivity contribution in [2.24, 2.45) is 0 Å². The minimum absolute atomic E-state index is 0.0155. The number of aromatic nitrogens is 1. The second kappa shape index (κ2) is 8.72. The van der Waals surface area contributed by atoms with Crippen LogP contribution in [0.15, 0.2) is 24.3 Å². The summed E-state index contributed by atoms with van der Waals surface area (Å²) in [7, 11) is 3.03. The van der Waals surface area contributed by atoms with Crippen molar-refractivity contribution in [2.45, 2.75) is 43.0 Å². The fourth-order valence-corrected chi connectivity index (χ4v) is 6.69. The first kappa shape index (κ1) is 25.2. The molecule has 9 nitrogen and oxygen atoms in total. The summed E-state index contributed by atoms with van der Waals surface area (Å²) in [5, 5.41) is 6.51. The molecular formula is C25H24F2N3O6PS. The van der Waals surface area contributed by atoms with Crippen molar-refractivity contribution in [2.75, 3.05) is 25.8 Å². The number of amides is 2. The SMILES string of the molecule is COc1ccc2nc(C)sc2c1C(=O)Nc1cc2c(cc1C(=O)NC13CCC(C(F)(F)P)(C1)OC3)OCO2. The number of halogens is 2. The molecule has 1 aliphatic carbocycles. The van der Waals surface area contributed by atoms with Gasteiger partial charge in [-0.1, -0.05) is 9.24 Å². The van der Waals surface area contributed by atoms with Gasteiger partial charge in [0.15, 0.2) is 11.5 Å². The Hall–Kier alpha value is -3.08. The Labute approximate surface area is 222 Å². The highest BCUT2D eigenvalue weighted by molar-refractivity contribution is 7.19. The summed E-state index contributed by atoms with van der Waals surface area (Å²) in [5.41, 5.74) is -4.48. The smallest absolute Gasteiger partial charge is 0.287 e. The van der Waals surface area contributed by atoms with Gasteiger partial charge in [0.25, 0.3) is 17.5 Å². The minimum Gasteiger partial charge on any atom is -0.496 e. The third-order valence-corrected chi connectivity index (χ3v) is 8.85. The summed E-state index contributed by atoms with van der Waals surface area (Å²) in [4.78, 5) is 31.6. The molecule has 2 aromatic carbocycles. The molecule has 2 fully saturated rings. The summed E-state index contributed by atoms with van der Waals surface area (Å²) in [5.74, 6) is -0.00311. The van der Waals surface area contributed by atoms with Crippen LogP contribution in [-0.2, 0) is 4.74 Å². The van der Waals surface area contributed by atoms with E-state index in [4.69, 9.17) is 18.9 Å². The fraction of sp³-hybridized carbons (Fsp3) is 0.400. The lowest BCUT2D eigenvalue weighted by molar-refractivity contribution is -0.140. The molecule has 200 valence electrons. The molecule has 2 bridgehead atoms. The van der Waals surface area contributed by atoms with E-state index in [1.165, 1.54) is 30.6 Å². The van der Waals surface area contributed by atoms with Crippen molar-refractivity contribution < 1.29 is 37.3 Å². The third-order valence-electron chi connectivity index (χ3n) is 7.32. The maximum atomic E-state index is 14.3. The molecule has 2 aliphatic heterocycles. The number of nitrogens with zero attached hydrogens (tertiary/aromatic N) is 1. The van der Waals surface area contributed by atoms with E-state index in [0.29, 0.717) is 33.9 Å². The van der Waals surface area contributed by atoms with Crippen molar-refractivity contribution in [3.05, 3.63) is 40.4 Å². The highest BCUT2D eigenvalue weighted by atomic mass is 32.1. The summed E-state index contributed by atoms with van der Waals surface area (Å²) in [6, 6.07) is 6.42. The van der Waals surface area contributed by atoms with Gasteiger partial charge in [0.2, 0.25) is 6.79 Å². The number of methoxy groups -OCH3 is 1. The predicted molar refractivity (Wildman–Crippen MR) is 139 cm³/mol. The maximum Gasteiger partial charge on any atom is 0.287 e. The van der Waals surface area contributed by atoms with E-state index >= 15 is 0 Å². The van der Waals surface area contributed by atoms with Crippen LogP contribution in [0.4, 0.5) is 14.5 Å². The highest BCUT2D eigenvalue weighted by Gasteiger charge is 2.65. The lowest BCUT2D eigenvalue weighted by Crippen LogP contribution is -2.48. The highest BCUT2D eigenvalue weighted by Crippen LogP contribution is 2.56. The van der Waals surface area contributed by atoms with Crippen LogP contribution in [-0.4, -0.2) is 54.1 Å². The Morgan fingerprint density at radius 2 is 1.95 bits per heavy atom. The molecule has 3 unspecified atom stereocenters. The fourth-order valence-electron chi connectivity index (χ4n) is 5.41. The van der Waals surface area contributed by atoms with Gasteiger partial charge in [-0.2, -0.15) is 8.78 Å². The summed E-state index contributed by atoms with van der Waals surface area (Å²) in [6.45, 7) is 1.78. The van der Waals surface area contributed by atoms with Gasteiger partial charge in [0.05, 0.1) is 45.7 Å². The van der Waals surface area contributed by atoms with Crippen LogP contribution >= 0.6 is 20.6 Å². The van der Waals surface area contributed by atoms with Crippen molar-refractivity contribution in [3.63, 3.8) is 0 Å². The van der Waals surface area contributed by atoms with Gasteiger partial charge in [-0.05, 0) is 38.0 Å². The molecule has 3 aliphatic rings. The third kappa shape index (κ3) is 3.97. The number of ether oxygens (including phenoxy) is 4. The zero-order chi connectivity index (χ0) is 26.9. The van der Waals surface area contributed by atoms with Crippen LogP contribution in [0.1, 0.15) is 45.0 Å². The van der Waals surface area contributed by atoms with Crippen molar-refractivity contribution in [1.29, 1.82) is 0 Å². The molecular weight excluding hydrogens is 539 g/mol. The van der Waals surface area contributed by atoms with Crippen molar-refractivity contribution >= 4 is 48.3 Å². The summed E-state index contributed by atoms with van der Waals surface area (Å²) < 4.78 is 51.1. The van der Waals surface area contributed by atoms with Gasteiger partial charge in [0, 0.05) is 12.5 Å². The molecule has 3 heterocycles. The number of alkyl halides is 2. The Balaban J connectivity index is 1.33. The number of thiazole rings is 1. The van der Waals surface area contributed by atoms with Gasteiger partial charge in [-0.25, -0.2) is 4.98 Å². The number of aryl methyl sites for hydroxylation is 1. The average molecular weight is 564 g/mol. The van der Waals surface area contributed by atoms with E-state index in [0.717, 1.165) is 5.01 Å². The number of hydrogen-bond acceptors (Lipinski definition) is 8. The van der Waals surface area contributed by atoms with Gasteiger partial charge in [-0.3, -0.25) is 9.59 Å². The number of benzene rings is 2. The molecule has 1 saturated carbocycles. The van der Waals surface area contributed by atoms with Crippen LogP contribution in [0, 0.1) is 6.92 Å². The molecule has 38 heavy (non-hydrogen) atoms. The molecule has 6 rings (SSSR count). The van der Waals surface area contributed by atoms with E-state index < -0.39 is 28.6 Å². The number of nitrogens with one attached hydrogen (secondary N) is 2. The number of carbonyl (C=O) groups excluding carboxylic acids is 2. The van der Waals surface area contributed by atoms with E-state index in [9.17, 15) is 18.4 Å². The van der Waals surface area contributed by atoms with Gasteiger partial charge in [-0.15, -0.1) is 11.3 Å². The van der Waals surface area contributed by atoms with E-state index in [1.54, 1.807) is 21.4 Å². The second-order valence-corrected chi connectivity index (χ2v) is 11.7. The zero-order valence-corrected chi connectivity index (χ0v) is 22.5. The molecule has 1 saturated heterocycles. The molecule has 2 amide bonds. The molecule has 13 heteroatoms. The molecule has 3 atom stereocenters. The minimum atomic E-state index is -3.12. The summed E-state index contributed by atoms with van der Waals surface area (Å²) >= 11 is 1.35. The lowest BCUT2D eigenvalue weighted by Gasteiger charge is -2.32. The van der Waals surface area contributed by atoms with E-state index in [2.05, 4.69) is 15.6 Å². The van der Waals surface area contributed by atoms with Crippen molar-refractivity contribution in [3.8, 4) is 17.2 Å². The molecule has 3 aromatic rings. The standard InChI is InChI=1S/C25H24F2N3O6PS/c1-12-28-14-3-4-16(33-2)19(20(14)38-12)22(32)29-15-8-18-17(34-11-35-18)7-13(15)21(31)30-23-5-6-24(9-23,36-10-23)25(26,27)37/h3-4,7-8H,5-6,9-11,37H2,1-2H3,(H,29,32)(H,30,31). The largest absolute Gasteiger partial charge is 0.496 e. The first-order chi connectivity index (χ1) is 18.0. The van der Waals surface area contributed by atoms with Crippen molar-refractivity contribution in [1.82, 2.24) is 10.3 Å². The zero-order valence-electron chi connectivity index (χ0n) is 20.5. The molecule has 2 N–H and O–H groups in total. The average Bonchev–Trinajstić information content (AvgIpc) is 3.64. The Bertz CT molecular complexity index is 1480. The predicted octanol–water partition coefficient (Wildman–Crippen LogP) is 4.48. The number of anilines is 1. The first-order valence-corrected chi connectivity index (χ1v) is 13.2. The number of carbonyl (C=O) groups is 2. The number of rotatable bonds is 6. The Kier molecular flexibility index (Phi) is 5.79. The van der Waals surface area contributed by atoms with E-state index in [-0.39, 0.29) is 43.1 Å². The number of hydrogen-bond donors (Lipinski definition) is 2. The summed E-state index contributed by atoms with van der Waals surface area (Å²) in [6.07, 6.45) is 0.448. The monoisotopic (exact) mass is 563 g/mol. The normalized spacial score (nSPS) is 23.6. The van der Waals surface area contributed by atoms with Crippen LogP contribution in [0.3, 0.4) is 0 Å². The Morgan fingerprint density at radius 3 is 2.61 bits per heavy atom. The maximum absolute atomic E-state index is 14.3. The van der Waals surface area contributed by atoms with Gasteiger partial charge < -0.3 is 29.6 Å². The quantitative estimate of drug-likeness (QED) is 0.426.